The molecule has 2 unspecified atom stereocenters. The normalized spacial score (nSPS) is 23.2. The Morgan fingerprint density at radius 1 is 1.62 bits per heavy atom. The van der Waals surface area contributed by atoms with Crippen LogP contribution >= 0.6 is 11.8 Å². The van der Waals surface area contributed by atoms with Gasteiger partial charge < -0.3 is 5.11 Å². The van der Waals surface area contributed by atoms with Gasteiger partial charge in [-0.1, -0.05) is 6.42 Å². The lowest BCUT2D eigenvalue weighted by Gasteiger charge is -2.25. The molecular weight excluding hydrogens is 220 g/mol. The molecule has 1 fully saturated rings. The number of aliphatic hydroxyl groups is 1. The van der Waals surface area contributed by atoms with E-state index in [1.807, 2.05) is 35.9 Å². The van der Waals surface area contributed by atoms with Crippen molar-refractivity contribution >= 4 is 11.8 Å². The predicted molar refractivity (Wildman–Crippen MR) is 67.6 cm³/mol. The molecule has 0 aliphatic carbocycles. The summed E-state index contributed by atoms with van der Waals surface area (Å²) in [5.41, 5.74) is 1.22. The summed E-state index contributed by atoms with van der Waals surface area (Å²) in [6.07, 6.45) is 9.35. The smallest absolute Gasteiger partial charge is 0.0661 e. The average Bonchev–Trinajstić information content (AvgIpc) is 2.73. The van der Waals surface area contributed by atoms with Gasteiger partial charge >= 0.3 is 0 Å². The van der Waals surface area contributed by atoms with Gasteiger partial charge in [-0.15, -0.1) is 0 Å². The molecule has 0 saturated carbocycles. The summed E-state index contributed by atoms with van der Waals surface area (Å²) in [7, 11) is 1.93. The van der Waals surface area contributed by atoms with Gasteiger partial charge in [0.05, 0.1) is 12.3 Å². The van der Waals surface area contributed by atoms with Gasteiger partial charge in [0.2, 0.25) is 0 Å². The summed E-state index contributed by atoms with van der Waals surface area (Å²) < 4.78 is 1.82. The molecule has 3 nitrogen and oxygen atoms in total. The summed E-state index contributed by atoms with van der Waals surface area (Å²) >= 11 is 1.94. The summed E-state index contributed by atoms with van der Waals surface area (Å²) in [5.74, 6) is 1.22. The van der Waals surface area contributed by atoms with Crippen molar-refractivity contribution in [1.82, 2.24) is 9.78 Å². The molecule has 90 valence electrons. The van der Waals surface area contributed by atoms with E-state index in [1.165, 1.54) is 30.6 Å². The van der Waals surface area contributed by atoms with E-state index < -0.39 is 0 Å². The van der Waals surface area contributed by atoms with E-state index in [9.17, 15) is 5.11 Å². The van der Waals surface area contributed by atoms with Crippen LogP contribution in [-0.4, -0.2) is 32.0 Å². The first-order valence-electron chi connectivity index (χ1n) is 6.03. The number of aliphatic hydroxyl groups excluding tert-OH is 1. The average molecular weight is 240 g/mol. The number of aromatic nitrogens is 2. The van der Waals surface area contributed by atoms with E-state index in [1.54, 1.807) is 0 Å². The van der Waals surface area contributed by atoms with Crippen LogP contribution in [0.1, 0.15) is 31.2 Å². The Hall–Kier alpha value is -0.480. The van der Waals surface area contributed by atoms with Crippen LogP contribution in [0.5, 0.6) is 0 Å². The molecule has 16 heavy (non-hydrogen) atoms. The van der Waals surface area contributed by atoms with Crippen LogP contribution in [0.2, 0.25) is 0 Å². The van der Waals surface area contributed by atoms with Crippen molar-refractivity contribution in [3.05, 3.63) is 18.0 Å². The fourth-order valence-electron chi connectivity index (χ4n) is 2.17. The molecule has 0 aromatic carbocycles. The zero-order valence-electron chi connectivity index (χ0n) is 9.80. The number of hydrogen-bond donors (Lipinski definition) is 1. The molecule has 0 amide bonds. The molecule has 0 radical (unpaired) electrons. The highest BCUT2D eigenvalue weighted by Crippen LogP contribution is 2.29. The molecule has 4 heteroatoms. The van der Waals surface area contributed by atoms with Gasteiger partial charge in [-0.25, -0.2) is 0 Å². The summed E-state index contributed by atoms with van der Waals surface area (Å²) in [5, 5.41) is 14.7. The summed E-state index contributed by atoms with van der Waals surface area (Å²) in [6, 6.07) is 0. The summed E-state index contributed by atoms with van der Waals surface area (Å²) in [6.45, 7) is 0. The molecule has 1 aliphatic rings. The lowest BCUT2D eigenvalue weighted by molar-refractivity contribution is 0.156. The molecule has 2 heterocycles. The molecule has 1 aliphatic heterocycles. The topological polar surface area (TPSA) is 38.0 Å². The maximum atomic E-state index is 10.1. The van der Waals surface area contributed by atoms with Crippen LogP contribution in [0.25, 0.3) is 0 Å². The number of nitrogens with zero attached hydrogens (tertiary/aromatic N) is 2. The molecule has 0 spiro atoms. The number of rotatable bonds is 4. The zero-order valence-corrected chi connectivity index (χ0v) is 10.6. The van der Waals surface area contributed by atoms with Gasteiger partial charge in [-0.2, -0.15) is 16.9 Å². The second kappa shape index (κ2) is 5.73. The van der Waals surface area contributed by atoms with Crippen molar-refractivity contribution in [1.29, 1.82) is 0 Å². The minimum atomic E-state index is -0.148. The molecule has 1 aromatic rings. The van der Waals surface area contributed by atoms with Crippen LogP contribution < -0.4 is 0 Å². The number of aryl methyl sites for hydroxylation is 2. The Bertz CT molecular complexity index is 321. The Labute approximate surface area is 101 Å². The molecule has 2 rings (SSSR count). The third-order valence-corrected chi connectivity index (χ3v) is 4.63. The number of hydrogen-bond acceptors (Lipinski definition) is 3. The quantitative estimate of drug-likeness (QED) is 0.875. The van der Waals surface area contributed by atoms with E-state index in [2.05, 4.69) is 5.10 Å². The fraction of sp³-hybridized carbons (Fsp3) is 0.750. The Balaban J connectivity index is 1.76. The van der Waals surface area contributed by atoms with Crippen molar-refractivity contribution in [2.24, 2.45) is 7.05 Å². The highest BCUT2D eigenvalue weighted by molar-refractivity contribution is 8.00. The standard InChI is InChI=1S/C12H20N2OS/c1-14-9-10(8-13-14)5-6-11(15)12-4-2-3-7-16-12/h8-9,11-12,15H,2-7H2,1H3. The molecule has 1 N–H and O–H groups in total. The molecule has 2 atom stereocenters. The predicted octanol–water partition coefficient (Wildman–Crippen LogP) is 2.00. The van der Waals surface area contributed by atoms with Gasteiger partial charge in [0, 0.05) is 18.5 Å². The first-order valence-corrected chi connectivity index (χ1v) is 7.08. The third kappa shape index (κ3) is 3.25. The van der Waals surface area contributed by atoms with E-state index in [-0.39, 0.29) is 6.10 Å². The fourth-order valence-corrected chi connectivity index (χ4v) is 3.54. The zero-order chi connectivity index (χ0) is 11.4. The maximum absolute atomic E-state index is 10.1. The highest BCUT2D eigenvalue weighted by Gasteiger charge is 2.21. The van der Waals surface area contributed by atoms with E-state index in [4.69, 9.17) is 0 Å². The van der Waals surface area contributed by atoms with Crippen LogP contribution in [0, 0.1) is 0 Å². The van der Waals surface area contributed by atoms with Crippen LogP contribution in [0.4, 0.5) is 0 Å². The van der Waals surface area contributed by atoms with Gasteiger partial charge in [0.25, 0.3) is 0 Å². The summed E-state index contributed by atoms with van der Waals surface area (Å²) in [4.78, 5) is 0. The van der Waals surface area contributed by atoms with Gasteiger partial charge in [-0.3, -0.25) is 4.68 Å². The van der Waals surface area contributed by atoms with E-state index in [0.29, 0.717) is 5.25 Å². The van der Waals surface area contributed by atoms with Crippen molar-refractivity contribution in [3.63, 3.8) is 0 Å². The van der Waals surface area contributed by atoms with Crippen LogP contribution in [0.15, 0.2) is 12.4 Å². The van der Waals surface area contributed by atoms with E-state index >= 15 is 0 Å². The molecular formula is C12H20N2OS. The lowest BCUT2D eigenvalue weighted by Crippen LogP contribution is -2.26. The minimum Gasteiger partial charge on any atom is -0.392 e. The molecule has 1 saturated heterocycles. The van der Waals surface area contributed by atoms with Gasteiger partial charge in [0.1, 0.15) is 0 Å². The van der Waals surface area contributed by atoms with Crippen molar-refractivity contribution < 1.29 is 5.11 Å². The minimum absolute atomic E-state index is 0.148. The SMILES string of the molecule is Cn1cc(CCC(O)C2CCCCS2)cn1. The monoisotopic (exact) mass is 240 g/mol. The van der Waals surface area contributed by atoms with Crippen molar-refractivity contribution in [3.8, 4) is 0 Å². The number of thioether (sulfide) groups is 1. The lowest BCUT2D eigenvalue weighted by atomic mass is 10.0. The largest absolute Gasteiger partial charge is 0.392 e. The second-order valence-electron chi connectivity index (χ2n) is 4.53. The molecule has 0 bridgehead atoms. The molecule has 1 aromatic heterocycles. The van der Waals surface area contributed by atoms with Gasteiger partial charge in [0.15, 0.2) is 0 Å². The Morgan fingerprint density at radius 2 is 2.50 bits per heavy atom. The van der Waals surface area contributed by atoms with Crippen molar-refractivity contribution in [2.45, 2.75) is 43.5 Å². The van der Waals surface area contributed by atoms with Crippen molar-refractivity contribution in [2.75, 3.05) is 5.75 Å². The van der Waals surface area contributed by atoms with Crippen LogP contribution in [-0.2, 0) is 13.5 Å². The Kier molecular flexibility index (Phi) is 4.29. The Morgan fingerprint density at radius 3 is 3.12 bits per heavy atom. The van der Waals surface area contributed by atoms with Crippen LogP contribution in [0.3, 0.4) is 0 Å². The van der Waals surface area contributed by atoms with Gasteiger partial charge in [-0.05, 0) is 37.0 Å². The second-order valence-corrected chi connectivity index (χ2v) is 5.88. The maximum Gasteiger partial charge on any atom is 0.0661 e. The first kappa shape index (κ1) is 12.0. The van der Waals surface area contributed by atoms with E-state index in [0.717, 1.165) is 12.8 Å². The third-order valence-electron chi connectivity index (χ3n) is 3.13. The highest BCUT2D eigenvalue weighted by atomic mass is 32.2. The first-order chi connectivity index (χ1) is 7.75.